The van der Waals surface area contributed by atoms with Gasteiger partial charge in [0.15, 0.2) is 0 Å². The molecule has 7 heteroatoms. The molecule has 0 aliphatic heterocycles. The van der Waals surface area contributed by atoms with Crippen molar-refractivity contribution >= 4 is 43.1 Å². The van der Waals surface area contributed by atoms with Gasteiger partial charge in [-0.25, -0.2) is 0 Å². The fraction of sp³-hybridized carbons (Fsp3) is 1.00. The zero-order chi connectivity index (χ0) is 9.07. The summed E-state index contributed by atoms with van der Waals surface area (Å²) in [6.45, 7) is 2.84. The number of halogens is 3. The number of alkyl halides is 3. The lowest BCUT2D eigenvalue weighted by Crippen LogP contribution is -2.07. The predicted molar refractivity (Wildman–Crippen MR) is 46.6 cm³/mol. The summed E-state index contributed by atoms with van der Waals surface area (Å²) in [7, 11) is -2.69. The summed E-state index contributed by atoms with van der Waals surface area (Å²) < 4.78 is 18.3. The maximum absolute atomic E-state index is 10.8. The van der Waals surface area contributed by atoms with Crippen molar-refractivity contribution < 1.29 is 13.6 Å². The van der Waals surface area contributed by atoms with Gasteiger partial charge in [-0.1, -0.05) is 34.8 Å². The Kier molecular flexibility index (Phi) is 5.36. The fourth-order valence-corrected chi connectivity index (χ4v) is 1.51. The summed E-state index contributed by atoms with van der Waals surface area (Å²) in [5.74, 6) is 0. The van der Waals surface area contributed by atoms with Crippen LogP contribution in [0.2, 0.25) is 0 Å². The van der Waals surface area contributed by atoms with Crippen molar-refractivity contribution in [3.8, 4) is 0 Å². The first-order valence-corrected chi connectivity index (χ1v) is 5.14. The second-order valence-corrected chi connectivity index (χ2v) is 5.01. The summed E-state index contributed by atoms with van der Waals surface area (Å²) in [4.78, 5) is 0. The van der Waals surface area contributed by atoms with Gasteiger partial charge in [-0.15, -0.1) is 0 Å². The molecule has 0 rings (SSSR count). The van der Waals surface area contributed by atoms with Gasteiger partial charge in [-0.05, 0) is 13.8 Å². The van der Waals surface area contributed by atoms with E-state index < -0.39 is 18.3 Å². The van der Waals surface area contributed by atoms with E-state index in [-0.39, 0.29) is 0 Å². The van der Waals surface area contributed by atoms with E-state index in [1.165, 1.54) is 13.8 Å². The van der Waals surface area contributed by atoms with E-state index in [1.807, 2.05) is 0 Å². The van der Waals surface area contributed by atoms with Crippen LogP contribution < -0.4 is 0 Å². The van der Waals surface area contributed by atoms with Gasteiger partial charge in [0.05, 0.1) is 0 Å². The highest BCUT2D eigenvalue weighted by Crippen LogP contribution is 2.37. The zero-order valence-corrected chi connectivity index (χ0v) is 9.20. The summed E-state index contributed by atoms with van der Waals surface area (Å²) in [6, 6.07) is 0. The van der Waals surface area contributed by atoms with Gasteiger partial charge >= 0.3 is 8.25 Å². The Hall–Kier alpha value is 1.02. The monoisotopic (exact) mass is 240 g/mol. The molecular weight excluding hydrogens is 233 g/mol. The fourth-order valence-electron chi connectivity index (χ4n) is 0.303. The summed E-state index contributed by atoms with van der Waals surface area (Å²) in [6.07, 6.45) is 0. The number of hydrogen-bond donors (Lipinski definition) is 0. The van der Waals surface area contributed by atoms with E-state index in [0.29, 0.717) is 0 Å². The third-order valence-electron chi connectivity index (χ3n) is 0.521. The largest absolute Gasteiger partial charge is 0.323 e. The van der Waals surface area contributed by atoms with Crippen LogP contribution >= 0.6 is 43.1 Å². The Labute approximate surface area is 80.8 Å². The molecule has 0 heterocycles. The smallest absolute Gasteiger partial charge is 0.291 e. The van der Waals surface area contributed by atoms with Gasteiger partial charge in [0, 0.05) is 0 Å². The highest BCUT2D eigenvalue weighted by atomic mass is 35.5. The van der Waals surface area contributed by atoms with Crippen molar-refractivity contribution in [3.63, 3.8) is 0 Å². The minimum atomic E-state index is -2.69. The normalized spacial score (nSPS) is 17.9. The van der Waals surface area contributed by atoms with Crippen molar-refractivity contribution in [1.82, 2.24) is 0 Å². The van der Waals surface area contributed by atoms with E-state index in [4.69, 9.17) is 34.8 Å². The first kappa shape index (κ1) is 12.0. The average Bonchev–Trinajstić information content (AvgIpc) is 1.53. The highest BCUT2D eigenvalue weighted by Gasteiger charge is 2.21. The molecule has 0 aromatic rings. The van der Waals surface area contributed by atoms with Crippen molar-refractivity contribution in [2.24, 2.45) is 0 Å². The van der Waals surface area contributed by atoms with Crippen LogP contribution in [0.5, 0.6) is 0 Å². The standard InChI is InChI=1S/C4H8Cl3O3P/c1-3(5)9-11(8)10-4(2,6)7/h3,11H,1-2H3. The number of rotatable bonds is 4. The maximum Gasteiger partial charge on any atom is 0.323 e. The Morgan fingerprint density at radius 3 is 2.27 bits per heavy atom. The van der Waals surface area contributed by atoms with Gasteiger partial charge in [-0.2, -0.15) is 0 Å². The van der Waals surface area contributed by atoms with Crippen LogP contribution in [0.1, 0.15) is 13.8 Å². The molecule has 0 spiro atoms. The quantitative estimate of drug-likeness (QED) is 0.560. The van der Waals surface area contributed by atoms with Crippen LogP contribution in [0.4, 0.5) is 0 Å². The van der Waals surface area contributed by atoms with Crippen LogP contribution in [0.15, 0.2) is 0 Å². The first-order chi connectivity index (χ1) is 4.81. The molecule has 0 fully saturated rings. The molecule has 0 aliphatic carbocycles. The molecule has 2 atom stereocenters. The molecule has 2 unspecified atom stereocenters. The van der Waals surface area contributed by atoms with Crippen LogP contribution in [0.3, 0.4) is 0 Å². The van der Waals surface area contributed by atoms with Gasteiger partial charge in [0.1, 0.15) is 5.56 Å². The highest BCUT2D eigenvalue weighted by molar-refractivity contribution is 7.33. The molecule has 68 valence electrons. The van der Waals surface area contributed by atoms with E-state index in [0.717, 1.165) is 0 Å². The van der Waals surface area contributed by atoms with Crippen molar-refractivity contribution in [3.05, 3.63) is 0 Å². The maximum atomic E-state index is 10.8. The van der Waals surface area contributed by atoms with E-state index in [9.17, 15) is 4.57 Å². The van der Waals surface area contributed by atoms with Gasteiger partial charge in [0.25, 0.3) is 0 Å². The molecule has 0 aromatic heterocycles. The lowest BCUT2D eigenvalue weighted by atomic mass is 10.9. The molecule has 0 bridgehead atoms. The SMILES string of the molecule is CC(Cl)O[PH](=O)OC(C)(Cl)Cl. The first-order valence-electron chi connectivity index (χ1n) is 2.73. The minimum Gasteiger partial charge on any atom is -0.291 e. The predicted octanol–water partition coefficient (Wildman–Crippen LogP) is 3.15. The average molecular weight is 241 g/mol. The lowest BCUT2D eigenvalue weighted by molar-refractivity contribution is 0.192. The van der Waals surface area contributed by atoms with Crippen LogP contribution in [0.25, 0.3) is 0 Å². The summed E-state index contributed by atoms with van der Waals surface area (Å²) in [5.41, 5.74) is -0.683. The van der Waals surface area contributed by atoms with E-state index >= 15 is 0 Å². The molecule has 0 saturated carbocycles. The third-order valence-corrected chi connectivity index (χ3v) is 2.29. The molecule has 11 heavy (non-hydrogen) atoms. The Morgan fingerprint density at radius 2 is 2.00 bits per heavy atom. The second-order valence-electron chi connectivity index (χ2n) is 1.82. The molecule has 0 saturated heterocycles. The van der Waals surface area contributed by atoms with Gasteiger partial charge in [-0.3, -0.25) is 13.6 Å². The third kappa shape index (κ3) is 8.93. The molecule has 0 amide bonds. The Morgan fingerprint density at radius 1 is 1.55 bits per heavy atom. The van der Waals surface area contributed by atoms with Crippen molar-refractivity contribution in [2.45, 2.75) is 23.9 Å². The second kappa shape index (κ2) is 4.90. The summed E-state index contributed by atoms with van der Waals surface area (Å²) in [5, 5.41) is 0. The molecule has 0 radical (unpaired) electrons. The Bertz CT molecular complexity index is 144. The zero-order valence-electron chi connectivity index (χ0n) is 5.94. The minimum absolute atomic E-state index is 0.683. The van der Waals surface area contributed by atoms with E-state index in [2.05, 4.69) is 9.05 Å². The molecule has 0 aromatic carbocycles. The van der Waals surface area contributed by atoms with Crippen molar-refractivity contribution in [1.29, 1.82) is 0 Å². The van der Waals surface area contributed by atoms with Gasteiger partial charge < -0.3 is 0 Å². The topological polar surface area (TPSA) is 35.5 Å². The van der Waals surface area contributed by atoms with Crippen molar-refractivity contribution in [2.75, 3.05) is 0 Å². The molecule has 0 N–H and O–H groups in total. The number of hydrogen-bond acceptors (Lipinski definition) is 3. The Balaban J connectivity index is 3.71. The molecular formula is C4H8Cl3O3P. The molecule has 3 nitrogen and oxygen atoms in total. The van der Waals surface area contributed by atoms with Crippen LogP contribution in [-0.4, -0.2) is 10.1 Å². The lowest BCUT2D eigenvalue weighted by Gasteiger charge is -2.14. The van der Waals surface area contributed by atoms with Crippen LogP contribution in [0, 0.1) is 0 Å². The molecule has 0 aliphatic rings. The summed E-state index contributed by atoms with van der Waals surface area (Å²) >= 11 is 16.1. The van der Waals surface area contributed by atoms with E-state index in [1.54, 1.807) is 0 Å². The van der Waals surface area contributed by atoms with Crippen LogP contribution in [-0.2, 0) is 13.6 Å². The van der Waals surface area contributed by atoms with Gasteiger partial charge in [0.2, 0.25) is 4.52 Å².